The molecule has 0 atom stereocenters. The van der Waals surface area contributed by atoms with Gasteiger partial charge in [-0.25, -0.2) is 0 Å². The van der Waals surface area contributed by atoms with Gasteiger partial charge in [-0.05, 0) is 25.5 Å². The molecule has 6 heteroatoms. The Morgan fingerprint density at radius 1 is 1.35 bits per heavy atom. The fourth-order valence-electron chi connectivity index (χ4n) is 2.22. The monoisotopic (exact) mass is 294 g/mol. The minimum atomic E-state index is -1.22. The summed E-state index contributed by atoms with van der Waals surface area (Å²) >= 11 is 6.09. The van der Waals surface area contributed by atoms with E-state index in [1.807, 2.05) is 19.9 Å². The molecule has 0 saturated heterocycles. The largest absolute Gasteiger partial charge is 0.539 e. The number of aryl methyl sites for hydroxylation is 2. The number of nitrogens with zero attached hydrogens (tertiary/aromatic N) is 2. The normalized spacial score (nSPS) is 10.7. The van der Waals surface area contributed by atoms with Gasteiger partial charge in [0.2, 0.25) is 0 Å². The van der Waals surface area contributed by atoms with E-state index in [1.54, 1.807) is 31.0 Å². The van der Waals surface area contributed by atoms with Crippen molar-refractivity contribution in [3.8, 4) is 11.4 Å². The minimum Gasteiger partial charge on any atom is -0.539 e. The van der Waals surface area contributed by atoms with Gasteiger partial charge in [-0.2, -0.15) is 0 Å². The van der Waals surface area contributed by atoms with Crippen LogP contribution in [0.5, 0.6) is 5.75 Å². The lowest BCUT2D eigenvalue weighted by atomic mass is 10.2. The van der Waals surface area contributed by atoms with Crippen molar-refractivity contribution >= 4 is 17.6 Å². The van der Waals surface area contributed by atoms with E-state index < -0.39 is 5.97 Å². The first kappa shape index (κ1) is 14.4. The molecule has 0 bridgehead atoms. The maximum Gasteiger partial charge on any atom is 0.254 e. The van der Waals surface area contributed by atoms with E-state index in [0.717, 1.165) is 16.9 Å². The maximum absolute atomic E-state index is 11.1. The molecule has 0 aliphatic rings. The quantitative estimate of drug-likeness (QED) is 0.792. The molecule has 0 unspecified atom stereocenters. The summed E-state index contributed by atoms with van der Waals surface area (Å²) < 4.78 is 8.59. The Morgan fingerprint density at radius 3 is 2.50 bits per heavy atom. The SMILES string of the molecule is COc1cc(Cl)c(C)cc1-n1c(C)cc(C(=O)[O-])[n+]1C. The Hall–Kier alpha value is -2.01. The van der Waals surface area contributed by atoms with Crippen molar-refractivity contribution < 1.29 is 19.3 Å². The third kappa shape index (κ3) is 2.25. The molecular weight excluding hydrogens is 280 g/mol. The smallest absolute Gasteiger partial charge is 0.254 e. The zero-order valence-electron chi connectivity index (χ0n) is 11.7. The van der Waals surface area contributed by atoms with E-state index in [2.05, 4.69) is 0 Å². The van der Waals surface area contributed by atoms with Crippen molar-refractivity contribution in [1.82, 2.24) is 4.68 Å². The van der Waals surface area contributed by atoms with Crippen LogP contribution in [0.2, 0.25) is 5.02 Å². The van der Waals surface area contributed by atoms with E-state index in [0.29, 0.717) is 10.8 Å². The number of halogens is 1. The summed E-state index contributed by atoms with van der Waals surface area (Å²) in [6.07, 6.45) is 0. The first-order valence-electron chi connectivity index (χ1n) is 6.01. The number of carbonyl (C=O) groups excluding carboxylic acids is 1. The number of ether oxygens (including phenoxy) is 1. The third-order valence-electron chi connectivity index (χ3n) is 3.23. The number of carboxylic acids is 1. The predicted octanol–water partition coefficient (Wildman–Crippen LogP) is 0.944. The van der Waals surface area contributed by atoms with Gasteiger partial charge in [0.15, 0.2) is 7.05 Å². The van der Waals surface area contributed by atoms with Gasteiger partial charge in [0, 0.05) is 17.2 Å². The Labute approximate surface area is 122 Å². The summed E-state index contributed by atoms with van der Waals surface area (Å²) in [6.45, 7) is 3.69. The number of rotatable bonds is 3. The molecule has 20 heavy (non-hydrogen) atoms. The van der Waals surface area contributed by atoms with Crippen molar-refractivity contribution in [2.24, 2.45) is 7.05 Å². The first-order valence-corrected chi connectivity index (χ1v) is 6.39. The van der Waals surface area contributed by atoms with Gasteiger partial charge >= 0.3 is 0 Å². The van der Waals surface area contributed by atoms with Crippen molar-refractivity contribution in [3.63, 3.8) is 0 Å². The van der Waals surface area contributed by atoms with Crippen LogP contribution in [0, 0.1) is 13.8 Å². The lowest BCUT2D eigenvalue weighted by molar-refractivity contribution is -0.748. The Bertz CT molecular complexity index is 692. The second-order valence-corrected chi connectivity index (χ2v) is 4.97. The van der Waals surface area contributed by atoms with E-state index in [1.165, 1.54) is 4.68 Å². The summed E-state index contributed by atoms with van der Waals surface area (Å²) in [7, 11) is 3.20. The van der Waals surface area contributed by atoms with Crippen LogP contribution in [0.1, 0.15) is 21.7 Å². The molecule has 0 spiro atoms. The van der Waals surface area contributed by atoms with Gasteiger partial charge < -0.3 is 14.6 Å². The van der Waals surface area contributed by atoms with E-state index in [4.69, 9.17) is 16.3 Å². The molecule has 2 aromatic rings. The molecule has 0 amide bonds. The van der Waals surface area contributed by atoms with Crippen LogP contribution in [0.15, 0.2) is 18.2 Å². The molecule has 0 radical (unpaired) electrons. The minimum absolute atomic E-state index is 0.0946. The summed E-state index contributed by atoms with van der Waals surface area (Å²) in [5, 5.41) is 11.7. The molecule has 0 fully saturated rings. The molecule has 0 aliphatic carbocycles. The van der Waals surface area contributed by atoms with Crippen molar-refractivity contribution in [2.75, 3.05) is 7.11 Å². The van der Waals surface area contributed by atoms with Crippen LogP contribution in [0.3, 0.4) is 0 Å². The van der Waals surface area contributed by atoms with Crippen LogP contribution in [-0.2, 0) is 7.05 Å². The second kappa shape index (κ2) is 5.17. The molecule has 0 saturated carbocycles. The van der Waals surface area contributed by atoms with Crippen LogP contribution >= 0.6 is 11.6 Å². The van der Waals surface area contributed by atoms with Crippen LogP contribution in [-0.4, -0.2) is 17.8 Å². The van der Waals surface area contributed by atoms with Crippen molar-refractivity contribution in [2.45, 2.75) is 13.8 Å². The third-order valence-corrected chi connectivity index (χ3v) is 3.63. The highest BCUT2D eigenvalue weighted by molar-refractivity contribution is 6.31. The van der Waals surface area contributed by atoms with E-state index in [9.17, 15) is 9.90 Å². The number of benzene rings is 1. The topological polar surface area (TPSA) is 58.2 Å². The number of carboxylic acid groups (broad SMARTS) is 1. The molecule has 0 aliphatic heterocycles. The zero-order valence-corrected chi connectivity index (χ0v) is 12.5. The second-order valence-electron chi connectivity index (χ2n) is 4.57. The summed E-state index contributed by atoms with van der Waals surface area (Å²) in [5.74, 6) is -0.654. The fourth-order valence-corrected chi connectivity index (χ4v) is 2.37. The molecule has 1 aromatic carbocycles. The van der Waals surface area contributed by atoms with Gasteiger partial charge in [0.25, 0.3) is 5.69 Å². The van der Waals surface area contributed by atoms with Crippen LogP contribution in [0.4, 0.5) is 0 Å². The first-order chi connectivity index (χ1) is 9.36. The zero-order chi connectivity index (χ0) is 15.0. The lowest BCUT2D eigenvalue weighted by Gasteiger charge is -2.11. The standard InChI is InChI=1S/C14H15ClN2O3/c1-8-5-11(13(20-4)7-10(8)15)17-9(2)6-12(14(18)19)16(17)3/h5-7H,1-4H3. The Kier molecular flexibility index (Phi) is 3.72. The molecule has 106 valence electrons. The lowest BCUT2D eigenvalue weighted by Crippen LogP contribution is -2.46. The molecule has 0 N–H and O–H groups in total. The molecule has 2 rings (SSSR count). The van der Waals surface area contributed by atoms with Crippen LogP contribution in [0.25, 0.3) is 5.69 Å². The average Bonchev–Trinajstić information content (AvgIpc) is 2.68. The van der Waals surface area contributed by atoms with Gasteiger partial charge in [-0.1, -0.05) is 11.6 Å². The fraction of sp³-hybridized carbons (Fsp3) is 0.286. The highest BCUT2D eigenvalue weighted by Crippen LogP contribution is 2.29. The highest BCUT2D eigenvalue weighted by Gasteiger charge is 2.22. The highest BCUT2D eigenvalue weighted by atomic mass is 35.5. The average molecular weight is 295 g/mol. The number of hydrogen-bond acceptors (Lipinski definition) is 3. The van der Waals surface area contributed by atoms with Crippen molar-refractivity contribution in [3.05, 3.63) is 40.2 Å². The van der Waals surface area contributed by atoms with Crippen molar-refractivity contribution in [1.29, 1.82) is 0 Å². The van der Waals surface area contributed by atoms with Gasteiger partial charge in [-0.15, -0.1) is 9.36 Å². The van der Waals surface area contributed by atoms with E-state index >= 15 is 0 Å². The number of hydrogen-bond donors (Lipinski definition) is 0. The number of carbonyl (C=O) groups is 1. The molecule has 5 nitrogen and oxygen atoms in total. The number of aromatic nitrogens is 2. The summed E-state index contributed by atoms with van der Waals surface area (Å²) in [6, 6.07) is 5.12. The Balaban J connectivity index is 2.74. The summed E-state index contributed by atoms with van der Waals surface area (Å²) in [5.41, 5.74) is 2.45. The Morgan fingerprint density at radius 2 is 2.00 bits per heavy atom. The van der Waals surface area contributed by atoms with Gasteiger partial charge in [0.1, 0.15) is 17.4 Å². The molecule has 1 heterocycles. The maximum atomic E-state index is 11.1. The number of aromatic carboxylic acids is 1. The van der Waals surface area contributed by atoms with Gasteiger partial charge in [0.05, 0.1) is 12.8 Å². The van der Waals surface area contributed by atoms with Gasteiger partial charge in [-0.3, -0.25) is 0 Å². The predicted molar refractivity (Wildman–Crippen MR) is 72.3 cm³/mol. The number of methoxy groups -OCH3 is 1. The van der Waals surface area contributed by atoms with Crippen LogP contribution < -0.4 is 14.5 Å². The summed E-state index contributed by atoms with van der Waals surface area (Å²) in [4.78, 5) is 11.1. The van der Waals surface area contributed by atoms with E-state index in [-0.39, 0.29) is 5.69 Å². The molecular formula is C14H15ClN2O3. The molecule has 1 aromatic heterocycles.